The summed E-state index contributed by atoms with van der Waals surface area (Å²) in [7, 11) is 1.96. The van der Waals surface area contributed by atoms with Crippen LogP contribution in [0, 0.1) is 6.92 Å². The molecule has 4 heteroatoms. The third-order valence-electron chi connectivity index (χ3n) is 2.57. The van der Waals surface area contributed by atoms with Crippen molar-refractivity contribution in [1.82, 2.24) is 15.1 Å². The van der Waals surface area contributed by atoms with Crippen LogP contribution in [0.1, 0.15) is 30.6 Å². The van der Waals surface area contributed by atoms with Crippen molar-refractivity contribution in [2.45, 2.75) is 26.3 Å². The summed E-state index contributed by atoms with van der Waals surface area (Å²) in [5, 5.41) is 7.64. The molecule has 1 unspecified atom stereocenters. The predicted molar refractivity (Wildman–Crippen MR) is 58.0 cm³/mol. The number of nitrogens with two attached hydrogens (primary N) is 1. The van der Waals surface area contributed by atoms with Gasteiger partial charge in [0.05, 0.1) is 6.20 Å². The van der Waals surface area contributed by atoms with Crippen molar-refractivity contribution in [2.75, 3.05) is 13.1 Å². The number of aryl methyl sites for hydroxylation is 1. The summed E-state index contributed by atoms with van der Waals surface area (Å²) < 4.78 is 1.90. The number of nitrogens with zero attached hydrogens (tertiary/aromatic N) is 2. The number of aromatic nitrogens is 2. The molecule has 0 aliphatic carbocycles. The fourth-order valence-corrected chi connectivity index (χ4v) is 1.47. The van der Waals surface area contributed by atoms with Gasteiger partial charge >= 0.3 is 0 Å². The van der Waals surface area contributed by atoms with Crippen molar-refractivity contribution in [3.63, 3.8) is 0 Å². The Bertz CT molecular complexity index is 280. The van der Waals surface area contributed by atoms with Gasteiger partial charge in [0.1, 0.15) is 0 Å². The van der Waals surface area contributed by atoms with Crippen LogP contribution in [-0.2, 0) is 7.05 Å². The van der Waals surface area contributed by atoms with E-state index in [4.69, 9.17) is 5.73 Å². The topological polar surface area (TPSA) is 55.9 Å². The van der Waals surface area contributed by atoms with Gasteiger partial charge < -0.3 is 11.1 Å². The van der Waals surface area contributed by atoms with E-state index < -0.39 is 0 Å². The molecule has 0 bridgehead atoms. The van der Waals surface area contributed by atoms with Crippen molar-refractivity contribution in [3.05, 3.63) is 17.5 Å². The Morgan fingerprint density at radius 3 is 2.86 bits per heavy atom. The highest BCUT2D eigenvalue weighted by atomic mass is 15.3. The van der Waals surface area contributed by atoms with Gasteiger partial charge in [-0.25, -0.2) is 0 Å². The lowest BCUT2D eigenvalue weighted by Gasteiger charge is -2.12. The normalized spacial score (nSPS) is 13.1. The molecule has 0 spiro atoms. The van der Waals surface area contributed by atoms with Crippen molar-refractivity contribution in [1.29, 1.82) is 0 Å². The number of rotatable bonds is 5. The van der Waals surface area contributed by atoms with Gasteiger partial charge in [0.2, 0.25) is 0 Å². The van der Waals surface area contributed by atoms with Crippen LogP contribution in [0.15, 0.2) is 6.20 Å². The molecule has 4 nitrogen and oxygen atoms in total. The van der Waals surface area contributed by atoms with E-state index in [1.807, 2.05) is 17.9 Å². The van der Waals surface area contributed by atoms with Gasteiger partial charge in [-0.15, -0.1) is 0 Å². The molecule has 0 aliphatic rings. The molecule has 3 N–H and O–H groups in total. The molecule has 0 saturated carbocycles. The molecule has 0 radical (unpaired) electrons. The second-order valence-corrected chi connectivity index (χ2v) is 3.63. The summed E-state index contributed by atoms with van der Waals surface area (Å²) in [6.07, 6.45) is 2.94. The third-order valence-corrected chi connectivity index (χ3v) is 2.57. The Morgan fingerprint density at radius 1 is 1.64 bits per heavy atom. The van der Waals surface area contributed by atoms with Crippen molar-refractivity contribution >= 4 is 0 Å². The minimum absolute atomic E-state index is 0.357. The van der Waals surface area contributed by atoms with Crippen LogP contribution in [0.3, 0.4) is 0 Å². The van der Waals surface area contributed by atoms with Crippen LogP contribution in [0.5, 0.6) is 0 Å². The summed E-state index contributed by atoms with van der Waals surface area (Å²) in [6.45, 7) is 5.95. The van der Waals surface area contributed by atoms with Gasteiger partial charge in [0.25, 0.3) is 0 Å². The van der Waals surface area contributed by atoms with Gasteiger partial charge in [0.15, 0.2) is 0 Å². The van der Waals surface area contributed by atoms with E-state index in [1.54, 1.807) is 0 Å². The zero-order chi connectivity index (χ0) is 10.6. The number of nitrogens with one attached hydrogen (secondary N) is 1. The van der Waals surface area contributed by atoms with E-state index in [1.165, 1.54) is 11.3 Å². The third kappa shape index (κ3) is 2.56. The lowest BCUT2D eigenvalue weighted by atomic mass is 10.1. The highest BCUT2D eigenvalue weighted by molar-refractivity contribution is 5.19. The molecular weight excluding hydrogens is 176 g/mol. The monoisotopic (exact) mass is 196 g/mol. The summed E-state index contributed by atoms with van der Waals surface area (Å²) in [4.78, 5) is 0. The van der Waals surface area contributed by atoms with E-state index in [2.05, 4.69) is 24.3 Å². The first kappa shape index (κ1) is 11.2. The smallest absolute Gasteiger partial charge is 0.0540 e. The van der Waals surface area contributed by atoms with Crippen LogP contribution < -0.4 is 11.1 Å². The molecule has 1 heterocycles. The molecule has 1 aromatic rings. The average Bonchev–Trinajstić information content (AvgIpc) is 2.48. The lowest BCUT2D eigenvalue weighted by Crippen LogP contribution is -2.22. The number of hydrogen-bond acceptors (Lipinski definition) is 3. The van der Waals surface area contributed by atoms with Crippen molar-refractivity contribution < 1.29 is 0 Å². The molecule has 0 fully saturated rings. The maximum atomic E-state index is 5.43. The Morgan fingerprint density at radius 2 is 2.36 bits per heavy atom. The minimum atomic E-state index is 0.357. The zero-order valence-corrected chi connectivity index (χ0v) is 9.25. The first-order chi connectivity index (χ1) is 6.66. The highest BCUT2D eigenvalue weighted by Crippen LogP contribution is 2.15. The van der Waals surface area contributed by atoms with Crippen LogP contribution in [0.25, 0.3) is 0 Å². The molecule has 1 atom stereocenters. The standard InChI is InChI=1S/C10H20N4/c1-8(12-6-4-5-11)10-7-13-14(3)9(10)2/h7-8,12H,4-6,11H2,1-3H3. The highest BCUT2D eigenvalue weighted by Gasteiger charge is 2.10. The summed E-state index contributed by atoms with van der Waals surface area (Å²) >= 11 is 0. The van der Waals surface area contributed by atoms with E-state index in [0.717, 1.165) is 19.5 Å². The van der Waals surface area contributed by atoms with E-state index in [0.29, 0.717) is 6.04 Å². The maximum Gasteiger partial charge on any atom is 0.0540 e. The summed E-state index contributed by atoms with van der Waals surface area (Å²) in [5.41, 5.74) is 7.92. The quantitative estimate of drug-likeness (QED) is 0.683. The molecule has 0 amide bonds. The lowest BCUT2D eigenvalue weighted by molar-refractivity contribution is 0.558. The Balaban J connectivity index is 2.52. The maximum absolute atomic E-state index is 5.43. The van der Waals surface area contributed by atoms with Gasteiger partial charge in [-0.05, 0) is 33.4 Å². The van der Waals surface area contributed by atoms with E-state index in [-0.39, 0.29) is 0 Å². The van der Waals surface area contributed by atoms with Gasteiger partial charge in [-0.3, -0.25) is 4.68 Å². The molecule has 0 saturated heterocycles. The van der Waals surface area contributed by atoms with Crippen LogP contribution in [-0.4, -0.2) is 22.9 Å². The molecular formula is C10H20N4. The summed E-state index contributed by atoms with van der Waals surface area (Å²) in [5.74, 6) is 0. The Kier molecular flexibility index (Phi) is 4.10. The molecule has 0 aliphatic heterocycles. The van der Waals surface area contributed by atoms with Crippen LogP contribution in [0.4, 0.5) is 0 Å². The Labute approximate surface area is 85.5 Å². The van der Waals surface area contributed by atoms with Gasteiger partial charge in [-0.2, -0.15) is 5.10 Å². The van der Waals surface area contributed by atoms with Crippen molar-refractivity contribution in [2.24, 2.45) is 12.8 Å². The molecule has 0 aromatic carbocycles. The Hall–Kier alpha value is -0.870. The molecule has 14 heavy (non-hydrogen) atoms. The van der Waals surface area contributed by atoms with Crippen LogP contribution >= 0.6 is 0 Å². The van der Waals surface area contributed by atoms with Gasteiger partial charge in [0, 0.05) is 24.3 Å². The molecule has 1 rings (SSSR count). The molecule has 80 valence electrons. The largest absolute Gasteiger partial charge is 0.330 e. The molecule has 1 aromatic heterocycles. The van der Waals surface area contributed by atoms with E-state index in [9.17, 15) is 0 Å². The fourth-order valence-electron chi connectivity index (χ4n) is 1.47. The number of hydrogen-bond donors (Lipinski definition) is 2. The predicted octanol–water partition coefficient (Wildman–Crippen LogP) is 0.728. The SMILES string of the molecule is Cc1c(C(C)NCCCN)cnn1C. The first-order valence-corrected chi connectivity index (χ1v) is 5.08. The van der Waals surface area contributed by atoms with Crippen LogP contribution in [0.2, 0.25) is 0 Å². The minimum Gasteiger partial charge on any atom is -0.330 e. The second kappa shape index (κ2) is 5.12. The average molecular weight is 196 g/mol. The summed E-state index contributed by atoms with van der Waals surface area (Å²) in [6, 6.07) is 0.357. The second-order valence-electron chi connectivity index (χ2n) is 3.63. The fraction of sp³-hybridized carbons (Fsp3) is 0.700. The first-order valence-electron chi connectivity index (χ1n) is 5.08. The van der Waals surface area contributed by atoms with Crippen molar-refractivity contribution in [3.8, 4) is 0 Å². The zero-order valence-electron chi connectivity index (χ0n) is 9.25. The van der Waals surface area contributed by atoms with Gasteiger partial charge in [-0.1, -0.05) is 0 Å². The van der Waals surface area contributed by atoms with E-state index >= 15 is 0 Å².